The molecule has 8 heteroatoms. The maximum Gasteiger partial charge on any atom is 0.368 e. The molecule has 0 bridgehead atoms. The standard InChI is InChI=1S/C23H29N5O3/c1-6-7-10-20(24-30-5)18-12-13-22(17(3)14-18)31-15-19-16(2)9-8-11-21(19)28-23(29)27(4)25-26-28/h8-9,11-14H,6-7,10,15H2,1-5H3/b24-20-. The molecule has 0 aliphatic carbocycles. The first-order valence-corrected chi connectivity index (χ1v) is 10.4. The van der Waals surface area contributed by atoms with Crippen molar-refractivity contribution in [3.8, 4) is 11.4 Å². The van der Waals surface area contributed by atoms with Crippen LogP contribution in [-0.2, 0) is 18.5 Å². The zero-order valence-corrected chi connectivity index (χ0v) is 18.8. The summed E-state index contributed by atoms with van der Waals surface area (Å²) < 4.78 is 8.64. The van der Waals surface area contributed by atoms with E-state index in [9.17, 15) is 4.79 Å². The molecule has 0 radical (unpaired) electrons. The lowest BCUT2D eigenvalue weighted by Crippen LogP contribution is -2.23. The highest BCUT2D eigenvalue weighted by molar-refractivity contribution is 6.00. The number of ether oxygens (including phenoxy) is 1. The minimum atomic E-state index is -0.301. The third-order valence-electron chi connectivity index (χ3n) is 5.18. The molecule has 3 rings (SSSR count). The van der Waals surface area contributed by atoms with Gasteiger partial charge in [-0.05, 0) is 78.1 Å². The van der Waals surface area contributed by atoms with E-state index in [1.165, 1.54) is 9.36 Å². The Morgan fingerprint density at radius 3 is 2.58 bits per heavy atom. The van der Waals surface area contributed by atoms with Crippen LogP contribution in [0.2, 0.25) is 0 Å². The first kappa shape index (κ1) is 22.3. The zero-order valence-electron chi connectivity index (χ0n) is 18.8. The molecule has 31 heavy (non-hydrogen) atoms. The van der Waals surface area contributed by atoms with Crippen LogP contribution in [-0.4, -0.2) is 32.6 Å². The summed E-state index contributed by atoms with van der Waals surface area (Å²) in [6.07, 6.45) is 3.01. The number of aryl methyl sites for hydroxylation is 3. The molecular formula is C23H29N5O3. The van der Waals surface area contributed by atoms with Gasteiger partial charge in [-0.1, -0.05) is 30.6 Å². The van der Waals surface area contributed by atoms with E-state index >= 15 is 0 Å². The minimum absolute atomic E-state index is 0.301. The maximum atomic E-state index is 12.3. The lowest BCUT2D eigenvalue weighted by Gasteiger charge is -2.15. The van der Waals surface area contributed by atoms with Crippen molar-refractivity contribution >= 4 is 5.71 Å². The van der Waals surface area contributed by atoms with E-state index in [2.05, 4.69) is 28.6 Å². The van der Waals surface area contributed by atoms with Crippen molar-refractivity contribution in [1.29, 1.82) is 0 Å². The van der Waals surface area contributed by atoms with Gasteiger partial charge in [-0.2, -0.15) is 9.36 Å². The van der Waals surface area contributed by atoms with E-state index in [1.807, 2.05) is 44.2 Å². The van der Waals surface area contributed by atoms with Crippen LogP contribution in [0.1, 0.15) is 48.4 Å². The van der Waals surface area contributed by atoms with Crippen molar-refractivity contribution in [1.82, 2.24) is 19.8 Å². The molecule has 2 aromatic carbocycles. The summed E-state index contributed by atoms with van der Waals surface area (Å²) in [6.45, 7) is 6.46. The highest BCUT2D eigenvalue weighted by Gasteiger charge is 2.14. The monoisotopic (exact) mass is 423 g/mol. The molecule has 8 nitrogen and oxygen atoms in total. The number of nitrogens with zero attached hydrogens (tertiary/aromatic N) is 5. The second-order valence-electron chi connectivity index (χ2n) is 7.46. The van der Waals surface area contributed by atoms with Gasteiger partial charge in [0.25, 0.3) is 0 Å². The normalized spacial score (nSPS) is 11.6. The predicted octanol–water partition coefficient (Wildman–Crippen LogP) is 3.70. The van der Waals surface area contributed by atoms with Crippen LogP contribution in [0, 0.1) is 13.8 Å². The Morgan fingerprint density at radius 1 is 1.13 bits per heavy atom. The summed E-state index contributed by atoms with van der Waals surface area (Å²) >= 11 is 0. The van der Waals surface area contributed by atoms with Crippen molar-refractivity contribution in [2.75, 3.05) is 7.11 Å². The smallest absolute Gasteiger partial charge is 0.368 e. The highest BCUT2D eigenvalue weighted by atomic mass is 16.6. The molecule has 0 aliphatic heterocycles. The lowest BCUT2D eigenvalue weighted by molar-refractivity contribution is 0.212. The first-order valence-electron chi connectivity index (χ1n) is 10.4. The van der Waals surface area contributed by atoms with Crippen molar-refractivity contribution in [3.05, 3.63) is 69.1 Å². The molecular weight excluding hydrogens is 394 g/mol. The Labute approximate surface area is 182 Å². The average molecular weight is 424 g/mol. The van der Waals surface area contributed by atoms with Gasteiger partial charge in [-0.3, -0.25) is 0 Å². The summed E-state index contributed by atoms with van der Waals surface area (Å²) in [7, 11) is 3.14. The molecule has 0 spiro atoms. The third kappa shape index (κ3) is 5.02. The van der Waals surface area contributed by atoms with Gasteiger partial charge >= 0.3 is 5.69 Å². The molecule has 1 aromatic heterocycles. The number of unbranched alkanes of at least 4 members (excludes halogenated alkanes) is 1. The Morgan fingerprint density at radius 2 is 1.94 bits per heavy atom. The summed E-state index contributed by atoms with van der Waals surface area (Å²) in [5, 5.41) is 12.0. The summed E-state index contributed by atoms with van der Waals surface area (Å²) in [4.78, 5) is 17.4. The molecule has 0 amide bonds. The van der Waals surface area contributed by atoms with Gasteiger partial charge in [0.15, 0.2) is 0 Å². The van der Waals surface area contributed by atoms with Crippen LogP contribution >= 0.6 is 0 Å². The van der Waals surface area contributed by atoms with Gasteiger partial charge in [0.1, 0.15) is 19.5 Å². The topological polar surface area (TPSA) is 83.5 Å². The Balaban J connectivity index is 1.85. The van der Waals surface area contributed by atoms with Gasteiger partial charge < -0.3 is 9.57 Å². The van der Waals surface area contributed by atoms with Crippen molar-refractivity contribution in [3.63, 3.8) is 0 Å². The Kier molecular flexibility index (Phi) is 7.23. The van der Waals surface area contributed by atoms with Crippen molar-refractivity contribution < 1.29 is 9.57 Å². The summed E-state index contributed by atoms with van der Waals surface area (Å²) in [5.41, 5.74) is 5.23. The molecule has 0 atom stereocenters. The van der Waals surface area contributed by atoms with Crippen molar-refractivity contribution in [2.24, 2.45) is 12.2 Å². The molecule has 0 unspecified atom stereocenters. The van der Waals surface area contributed by atoms with Crippen LogP contribution in [0.5, 0.6) is 5.75 Å². The zero-order chi connectivity index (χ0) is 22.4. The highest BCUT2D eigenvalue weighted by Crippen LogP contribution is 2.24. The van der Waals surface area contributed by atoms with E-state index in [4.69, 9.17) is 9.57 Å². The van der Waals surface area contributed by atoms with Gasteiger partial charge in [0.2, 0.25) is 0 Å². The second kappa shape index (κ2) is 10.1. The SMILES string of the molecule is CCCC/C(=N/OC)c1ccc(OCc2c(C)cccc2-n2nnn(C)c2=O)c(C)c1. The van der Waals surface area contributed by atoms with Crippen LogP contribution in [0.15, 0.2) is 46.3 Å². The second-order valence-corrected chi connectivity index (χ2v) is 7.46. The van der Waals surface area contributed by atoms with Crippen LogP contribution < -0.4 is 10.4 Å². The summed E-state index contributed by atoms with van der Waals surface area (Å²) in [6, 6.07) is 11.7. The number of hydrogen-bond acceptors (Lipinski definition) is 6. The molecule has 0 N–H and O–H groups in total. The number of aromatic nitrogens is 4. The predicted molar refractivity (Wildman–Crippen MR) is 120 cm³/mol. The van der Waals surface area contributed by atoms with E-state index in [1.54, 1.807) is 14.2 Å². The van der Waals surface area contributed by atoms with Crippen LogP contribution in [0.4, 0.5) is 0 Å². The fourth-order valence-corrected chi connectivity index (χ4v) is 3.38. The average Bonchev–Trinajstić information content (AvgIpc) is 3.09. The van der Waals surface area contributed by atoms with E-state index < -0.39 is 0 Å². The van der Waals surface area contributed by atoms with E-state index in [0.717, 1.165) is 53.0 Å². The number of oxime groups is 1. The molecule has 0 saturated carbocycles. The quantitative estimate of drug-likeness (QED) is 0.387. The maximum absolute atomic E-state index is 12.3. The molecule has 3 aromatic rings. The van der Waals surface area contributed by atoms with Gasteiger partial charge in [-0.15, -0.1) is 0 Å². The Hall–Kier alpha value is -3.42. The van der Waals surface area contributed by atoms with Gasteiger partial charge in [0.05, 0.1) is 11.4 Å². The molecule has 0 saturated heterocycles. The van der Waals surface area contributed by atoms with E-state index in [0.29, 0.717) is 12.3 Å². The van der Waals surface area contributed by atoms with E-state index in [-0.39, 0.29) is 5.69 Å². The Bertz CT molecular complexity index is 1130. The summed E-state index contributed by atoms with van der Waals surface area (Å²) in [5.74, 6) is 0.775. The van der Waals surface area contributed by atoms with Gasteiger partial charge in [-0.25, -0.2) is 4.79 Å². The number of hydrogen-bond donors (Lipinski definition) is 0. The van der Waals surface area contributed by atoms with Gasteiger partial charge in [0, 0.05) is 12.6 Å². The fourth-order valence-electron chi connectivity index (χ4n) is 3.38. The molecule has 164 valence electrons. The van der Waals surface area contributed by atoms with Crippen LogP contribution in [0.25, 0.3) is 5.69 Å². The van der Waals surface area contributed by atoms with Crippen LogP contribution in [0.3, 0.4) is 0 Å². The molecule has 1 heterocycles. The van der Waals surface area contributed by atoms with Crippen molar-refractivity contribution in [2.45, 2.75) is 46.6 Å². The third-order valence-corrected chi connectivity index (χ3v) is 5.18. The number of rotatable bonds is 9. The molecule has 0 aliphatic rings. The number of tetrazole rings is 1. The fraction of sp³-hybridized carbons (Fsp3) is 0.391. The first-order chi connectivity index (χ1) is 15.0. The lowest BCUT2D eigenvalue weighted by atomic mass is 10.0. The number of benzene rings is 2. The minimum Gasteiger partial charge on any atom is -0.489 e. The molecule has 0 fully saturated rings. The largest absolute Gasteiger partial charge is 0.489 e.